The Morgan fingerprint density at radius 1 is 1.09 bits per heavy atom. The molecule has 0 N–H and O–H groups in total. The fraction of sp³-hybridized carbons (Fsp3) is 0.211. The molecular formula is C19H17N3O. The van der Waals surface area contributed by atoms with Crippen LogP contribution in [0.15, 0.2) is 48.9 Å². The highest BCUT2D eigenvalue weighted by molar-refractivity contribution is 5.98. The van der Waals surface area contributed by atoms with Gasteiger partial charge in [-0.25, -0.2) is 4.98 Å². The first-order valence-corrected chi connectivity index (χ1v) is 7.85. The molecule has 0 unspecified atom stereocenters. The minimum Gasteiger partial charge on any atom is -0.306 e. The van der Waals surface area contributed by atoms with Crippen molar-refractivity contribution in [3.63, 3.8) is 0 Å². The fourth-order valence-corrected chi connectivity index (χ4v) is 3.02. The van der Waals surface area contributed by atoms with E-state index in [1.54, 1.807) is 6.33 Å². The number of rotatable bonds is 2. The first-order valence-electron chi connectivity index (χ1n) is 7.85. The first kappa shape index (κ1) is 13.9. The normalized spacial score (nSPS) is 13.9. The van der Waals surface area contributed by atoms with Crippen LogP contribution in [0.4, 0.5) is 0 Å². The zero-order valence-electron chi connectivity index (χ0n) is 13.0. The predicted octanol–water partition coefficient (Wildman–Crippen LogP) is 3.76. The van der Waals surface area contributed by atoms with E-state index in [2.05, 4.69) is 35.1 Å². The number of imidazole rings is 1. The Kier molecular flexibility index (Phi) is 3.30. The first-order chi connectivity index (χ1) is 11.2. The van der Waals surface area contributed by atoms with Gasteiger partial charge in [0.15, 0.2) is 5.78 Å². The summed E-state index contributed by atoms with van der Waals surface area (Å²) < 4.78 is 1.99. The molecule has 0 bridgehead atoms. The van der Waals surface area contributed by atoms with Gasteiger partial charge in [0.05, 0.1) is 17.7 Å². The molecule has 23 heavy (non-hydrogen) atoms. The predicted molar refractivity (Wildman–Crippen MR) is 88.8 cm³/mol. The summed E-state index contributed by atoms with van der Waals surface area (Å²) in [5.74, 6) is 0.204. The number of nitrogens with zero attached hydrogens (tertiary/aromatic N) is 3. The number of carbonyl (C=O) groups excluding carboxylic acids is 1. The van der Waals surface area contributed by atoms with Crippen molar-refractivity contribution in [3.05, 3.63) is 65.7 Å². The van der Waals surface area contributed by atoms with Gasteiger partial charge in [-0.05, 0) is 49.6 Å². The van der Waals surface area contributed by atoms with Crippen molar-refractivity contribution in [1.29, 1.82) is 0 Å². The highest BCUT2D eigenvalue weighted by Gasteiger charge is 2.19. The second-order valence-corrected chi connectivity index (χ2v) is 5.97. The molecule has 4 nitrogen and oxygen atoms in total. The van der Waals surface area contributed by atoms with Crippen LogP contribution in [-0.2, 0) is 6.42 Å². The van der Waals surface area contributed by atoms with Gasteiger partial charge in [0.25, 0.3) is 0 Å². The molecule has 0 fully saturated rings. The summed E-state index contributed by atoms with van der Waals surface area (Å²) in [5.41, 5.74) is 5.62. The molecule has 0 atom stereocenters. The van der Waals surface area contributed by atoms with Crippen LogP contribution in [0.25, 0.3) is 17.1 Å². The fourth-order valence-electron chi connectivity index (χ4n) is 3.02. The molecule has 4 heteroatoms. The van der Waals surface area contributed by atoms with Crippen LogP contribution in [0.3, 0.4) is 0 Å². The van der Waals surface area contributed by atoms with E-state index in [1.807, 2.05) is 29.0 Å². The second-order valence-electron chi connectivity index (χ2n) is 5.97. The quantitative estimate of drug-likeness (QED) is 0.724. The van der Waals surface area contributed by atoms with Gasteiger partial charge in [0, 0.05) is 23.9 Å². The summed E-state index contributed by atoms with van der Waals surface area (Å²) in [5, 5.41) is 0. The number of aromatic nitrogens is 3. The van der Waals surface area contributed by atoms with Gasteiger partial charge in [-0.2, -0.15) is 0 Å². The van der Waals surface area contributed by atoms with Crippen molar-refractivity contribution in [2.24, 2.45) is 0 Å². The third-order valence-electron chi connectivity index (χ3n) is 4.24. The average molecular weight is 303 g/mol. The number of pyridine rings is 1. The maximum Gasteiger partial charge on any atom is 0.164 e. The average Bonchev–Trinajstić information content (AvgIpc) is 3.05. The van der Waals surface area contributed by atoms with Crippen LogP contribution in [0.5, 0.6) is 0 Å². The van der Waals surface area contributed by atoms with Gasteiger partial charge < -0.3 is 4.57 Å². The number of hydrogen-bond acceptors (Lipinski definition) is 3. The molecule has 0 saturated heterocycles. The zero-order chi connectivity index (χ0) is 15.8. The van der Waals surface area contributed by atoms with Crippen LogP contribution in [0, 0.1) is 6.92 Å². The molecule has 0 aliphatic heterocycles. The van der Waals surface area contributed by atoms with Crippen molar-refractivity contribution in [1.82, 2.24) is 14.5 Å². The van der Waals surface area contributed by atoms with Gasteiger partial charge in [-0.1, -0.05) is 12.1 Å². The SMILES string of the molecule is Cc1cccc(-n2cnc(-c3ccc4c(n3)CCCC4=O)c2)c1. The summed E-state index contributed by atoms with van der Waals surface area (Å²) in [6.07, 6.45) is 6.17. The number of aryl methyl sites for hydroxylation is 2. The molecule has 0 saturated carbocycles. The molecule has 0 spiro atoms. The van der Waals surface area contributed by atoms with E-state index in [-0.39, 0.29) is 5.78 Å². The third kappa shape index (κ3) is 2.57. The minimum absolute atomic E-state index is 0.204. The van der Waals surface area contributed by atoms with E-state index in [9.17, 15) is 4.79 Å². The molecule has 3 aromatic rings. The van der Waals surface area contributed by atoms with Crippen molar-refractivity contribution in [2.75, 3.05) is 0 Å². The Bertz CT molecular complexity index is 895. The second kappa shape index (κ2) is 5.47. The molecule has 1 aliphatic rings. The highest BCUT2D eigenvalue weighted by atomic mass is 16.1. The van der Waals surface area contributed by atoms with Gasteiger partial charge in [0.2, 0.25) is 0 Å². The van der Waals surface area contributed by atoms with Crippen LogP contribution in [0.1, 0.15) is 34.5 Å². The number of carbonyl (C=O) groups is 1. The van der Waals surface area contributed by atoms with E-state index in [1.165, 1.54) is 5.56 Å². The largest absolute Gasteiger partial charge is 0.306 e. The summed E-state index contributed by atoms with van der Waals surface area (Å²) in [7, 11) is 0. The molecule has 1 aromatic carbocycles. The number of fused-ring (bicyclic) bond motifs is 1. The Morgan fingerprint density at radius 2 is 2.00 bits per heavy atom. The Labute approximate surface area is 134 Å². The highest BCUT2D eigenvalue weighted by Crippen LogP contribution is 2.24. The standard InChI is InChI=1S/C19H17N3O/c1-13-4-2-5-14(10-13)22-11-18(20-12-22)17-9-8-15-16(21-17)6-3-7-19(15)23/h2,4-5,8-12H,3,6-7H2,1H3. The lowest BCUT2D eigenvalue weighted by atomic mass is 9.94. The molecule has 2 aromatic heterocycles. The molecule has 2 heterocycles. The van der Waals surface area contributed by atoms with Crippen molar-refractivity contribution < 1.29 is 4.79 Å². The van der Waals surface area contributed by atoms with Gasteiger partial charge in [-0.15, -0.1) is 0 Å². The van der Waals surface area contributed by atoms with Gasteiger partial charge >= 0.3 is 0 Å². The minimum atomic E-state index is 0.204. The molecule has 4 rings (SSSR count). The van der Waals surface area contributed by atoms with Gasteiger partial charge in [0.1, 0.15) is 5.69 Å². The molecule has 0 radical (unpaired) electrons. The molecule has 114 valence electrons. The van der Waals surface area contributed by atoms with Crippen molar-refractivity contribution in [3.8, 4) is 17.1 Å². The van der Waals surface area contributed by atoms with Crippen LogP contribution in [0.2, 0.25) is 0 Å². The van der Waals surface area contributed by atoms with Crippen LogP contribution in [-0.4, -0.2) is 20.3 Å². The van der Waals surface area contributed by atoms with Crippen LogP contribution >= 0.6 is 0 Å². The number of ketones is 1. The summed E-state index contributed by atoms with van der Waals surface area (Å²) in [6.45, 7) is 2.07. The third-order valence-corrected chi connectivity index (χ3v) is 4.24. The van der Waals surface area contributed by atoms with E-state index in [0.29, 0.717) is 6.42 Å². The van der Waals surface area contributed by atoms with E-state index in [4.69, 9.17) is 0 Å². The number of Topliss-reactive ketones (excluding diaryl/α,β-unsaturated/α-hetero) is 1. The van der Waals surface area contributed by atoms with Crippen molar-refractivity contribution in [2.45, 2.75) is 26.2 Å². The Hall–Kier alpha value is -2.75. The maximum atomic E-state index is 11.9. The topological polar surface area (TPSA) is 47.8 Å². The number of benzene rings is 1. The Balaban J connectivity index is 1.71. The van der Waals surface area contributed by atoms with Gasteiger partial charge in [-0.3, -0.25) is 9.78 Å². The lowest BCUT2D eigenvalue weighted by molar-refractivity contribution is 0.0971. The lowest BCUT2D eigenvalue weighted by Crippen LogP contribution is -2.12. The molecule has 1 aliphatic carbocycles. The molecular weight excluding hydrogens is 286 g/mol. The monoisotopic (exact) mass is 303 g/mol. The maximum absolute atomic E-state index is 11.9. The summed E-state index contributed by atoms with van der Waals surface area (Å²) in [6, 6.07) is 12.1. The summed E-state index contributed by atoms with van der Waals surface area (Å²) in [4.78, 5) is 21.0. The summed E-state index contributed by atoms with van der Waals surface area (Å²) >= 11 is 0. The zero-order valence-corrected chi connectivity index (χ0v) is 13.0. The van der Waals surface area contributed by atoms with Crippen molar-refractivity contribution >= 4 is 5.78 Å². The van der Waals surface area contributed by atoms with Crippen LogP contribution < -0.4 is 0 Å². The van der Waals surface area contributed by atoms with E-state index >= 15 is 0 Å². The van der Waals surface area contributed by atoms with E-state index in [0.717, 1.165) is 41.2 Å². The smallest absolute Gasteiger partial charge is 0.164 e. The number of hydrogen-bond donors (Lipinski definition) is 0. The lowest BCUT2D eigenvalue weighted by Gasteiger charge is -2.13. The molecule has 0 amide bonds. The van der Waals surface area contributed by atoms with E-state index < -0.39 is 0 Å². The Morgan fingerprint density at radius 3 is 2.87 bits per heavy atom.